The van der Waals surface area contributed by atoms with E-state index in [4.69, 9.17) is 14.5 Å². The Labute approximate surface area is 174 Å². The van der Waals surface area contributed by atoms with Crippen LogP contribution in [0.2, 0.25) is 0 Å². The van der Waals surface area contributed by atoms with Crippen LogP contribution in [0.3, 0.4) is 0 Å². The number of nitrogens with zero attached hydrogens (tertiary/aromatic N) is 1. The summed E-state index contributed by atoms with van der Waals surface area (Å²) in [5, 5.41) is 15.2. The van der Waals surface area contributed by atoms with Crippen molar-refractivity contribution in [3.05, 3.63) is 53.8 Å². The molecule has 0 spiro atoms. The van der Waals surface area contributed by atoms with Gasteiger partial charge in [0, 0.05) is 30.1 Å². The van der Waals surface area contributed by atoms with Crippen molar-refractivity contribution in [3.8, 4) is 22.8 Å². The third kappa shape index (κ3) is 3.85. The summed E-state index contributed by atoms with van der Waals surface area (Å²) in [4.78, 5) is 4.87. The van der Waals surface area contributed by atoms with Gasteiger partial charge in [-0.2, -0.15) is 0 Å². The van der Waals surface area contributed by atoms with Crippen LogP contribution in [-0.4, -0.2) is 29.0 Å². The molecule has 6 heteroatoms. The van der Waals surface area contributed by atoms with Gasteiger partial charge in [0.15, 0.2) is 11.5 Å². The van der Waals surface area contributed by atoms with Gasteiger partial charge in [-0.1, -0.05) is 19.3 Å². The van der Waals surface area contributed by atoms with Gasteiger partial charge in [0.25, 0.3) is 0 Å². The number of rotatable bonds is 5. The zero-order chi connectivity index (χ0) is 20.6. The number of benzene rings is 2. The summed E-state index contributed by atoms with van der Waals surface area (Å²) in [7, 11) is 0. The van der Waals surface area contributed by atoms with Crippen LogP contribution in [0.25, 0.3) is 22.2 Å². The van der Waals surface area contributed by atoms with Gasteiger partial charge < -0.3 is 19.9 Å². The Hall–Kier alpha value is -2.70. The molecule has 0 bridgehead atoms. The van der Waals surface area contributed by atoms with Gasteiger partial charge in [0.05, 0.1) is 16.8 Å². The summed E-state index contributed by atoms with van der Waals surface area (Å²) < 4.78 is 24.5. The number of nitrogens with one attached hydrogen (secondary N) is 1. The van der Waals surface area contributed by atoms with Gasteiger partial charge in [0.2, 0.25) is 6.79 Å². The van der Waals surface area contributed by atoms with E-state index in [1.165, 1.54) is 18.6 Å². The summed E-state index contributed by atoms with van der Waals surface area (Å²) in [5.74, 6) is 1.13. The highest BCUT2D eigenvalue weighted by Gasteiger charge is 2.28. The van der Waals surface area contributed by atoms with E-state index in [2.05, 4.69) is 11.4 Å². The molecule has 30 heavy (non-hydrogen) atoms. The van der Waals surface area contributed by atoms with Crippen LogP contribution in [-0.2, 0) is 6.54 Å². The highest BCUT2D eigenvalue weighted by Crippen LogP contribution is 2.37. The smallest absolute Gasteiger partial charge is 0.231 e. The first-order valence-corrected chi connectivity index (χ1v) is 10.5. The van der Waals surface area contributed by atoms with Crippen molar-refractivity contribution in [2.45, 2.75) is 44.2 Å². The van der Waals surface area contributed by atoms with Crippen molar-refractivity contribution in [2.24, 2.45) is 0 Å². The molecule has 1 aliphatic carbocycles. The minimum absolute atomic E-state index is 0.212. The quantitative estimate of drug-likeness (QED) is 0.648. The lowest BCUT2D eigenvalue weighted by molar-refractivity contribution is 0.00468. The molecule has 0 atom stereocenters. The monoisotopic (exact) mass is 408 g/mol. The Morgan fingerprint density at radius 2 is 1.73 bits per heavy atom. The van der Waals surface area contributed by atoms with Gasteiger partial charge in [-0.05, 0) is 54.8 Å². The highest BCUT2D eigenvalue weighted by atomic mass is 19.1. The van der Waals surface area contributed by atoms with Crippen molar-refractivity contribution < 1.29 is 19.0 Å². The van der Waals surface area contributed by atoms with Crippen LogP contribution in [0, 0.1) is 5.82 Å². The molecule has 0 unspecified atom stereocenters. The largest absolute Gasteiger partial charge is 0.454 e. The molecule has 0 saturated heterocycles. The summed E-state index contributed by atoms with van der Waals surface area (Å²) >= 11 is 0. The molecule has 2 aromatic carbocycles. The Morgan fingerprint density at radius 1 is 1.00 bits per heavy atom. The lowest BCUT2D eigenvalue weighted by atomic mass is 9.85. The standard InChI is InChI=1S/C24H25FN2O3/c25-19-6-4-16(5-7-19)23-18(13-26-14-24(28)8-2-1-3-9-24)10-17-11-21-22(30-15-29-21)12-20(17)27-23/h4-7,10-12,26,28H,1-3,8-9,13-15H2. The zero-order valence-electron chi connectivity index (χ0n) is 16.8. The van der Waals surface area contributed by atoms with E-state index in [0.29, 0.717) is 24.6 Å². The number of halogens is 1. The first kappa shape index (κ1) is 19.3. The number of aromatic nitrogens is 1. The van der Waals surface area contributed by atoms with Gasteiger partial charge in [0.1, 0.15) is 5.82 Å². The molecule has 156 valence electrons. The number of hydrogen-bond acceptors (Lipinski definition) is 5. The van der Waals surface area contributed by atoms with Crippen molar-refractivity contribution >= 4 is 10.9 Å². The first-order valence-electron chi connectivity index (χ1n) is 10.5. The van der Waals surface area contributed by atoms with E-state index >= 15 is 0 Å². The topological polar surface area (TPSA) is 63.6 Å². The molecule has 3 aromatic rings. The second-order valence-corrected chi connectivity index (χ2v) is 8.29. The Morgan fingerprint density at radius 3 is 2.50 bits per heavy atom. The Kier molecular flexibility index (Phi) is 5.05. The van der Waals surface area contributed by atoms with E-state index in [9.17, 15) is 9.50 Å². The van der Waals surface area contributed by atoms with E-state index in [1.807, 2.05) is 12.1 Å². The minimum atomic E-state index is -0.634. The van der Waals surface area contributed by atoms with Gasteiger partial charge in [-0.25, -0.2) is 9.37 Å². The zero-order valence-corrected chi connectivity index (χ0v) is 16.8. The van der Waals surface area contributed by atoms with E-state index in [-0.39, 0.29) is 12.6 Å². The molecule has 2 heterocycles. The predicted molar refractivity (Wildman–Crippen MR) is 113 cm³/mol. The van der Waals surface area contributed by atoms with Crippen LogP contribution < -0.4 is 14.8 Å². The molecule has 1 saturated carbocycles. The van der Waals surface area contributed by atoms with Crippen LogP contribution >= 0.6 is 0 Å². The summed E-state index contributed by atoms with van der Waals surface area (Å²) in [6.45, 7) is 1.32. The molecule has 1 fully saturated rings. The molecule has 2 aliphatic rings. The average Bonchev–Trinajstić information content (AvgIpc) is 3.20. The second kappa shape index (κ2) is 7.85. The Bertz CT molecular complexity index is 1060. The molecule has 1 aliphatic heterocycles. The molecule has 0 radical (unpaired) electrons. The summed E-state index contributed by atoms with van der Waals surface area (Å²) in [6, 6.07) is 12.3. The number of aliphatic hydroxyl groups is 1. The fourth-order valence-electron chi connectivity index (χ4n) is 4.42. The highest BCUT2D eigenvalue weighted by molar-refractivity contribution is 5.86. The molecular weight excluding hydrogens is 383 g/mol. The lowest BCUT2D eigenvalue weighted by Gasteiger charge is -2.32. The number of pyridine rings is 1. The fourth-order valence-corrected chi connectivity index (χ4v) is 4.42. The third-order valence-electron chi connectivity index (χ3n) is 6.06. The number of fused-ring (bicyclic) bond motifs is 2. The predicted octanol–water partition coefficient (Wildman–Crippen LogP) is 4.55. The Balaban J connectivity index is 1.48. The molecule has 2 N–H and O–H groups in total. The molecule has 5 rings (SSSR count). The van der Waals surface area contributed by atoms with E-state index in [0.717, 1.165) is 53.4 Å². The fraction of sp³-hybridized carbons (Fsp3) is 0.375. The van der Waals surface area contributed by atoms with Gasteiger partial charge in [-0.3, -0.25) is 0 Å². The maximum Gasteiger partial charge on any atom is 0.231 e. The number of hydrogen-bond donors (Lipinski definition) is 2. The third-order valence-corrected chi connectivity index (χ3v) is 6.06. The van der Waals surface area contributed by atoms with Crippen LogP contribution in [0.15, 0.2) is 42.5 Å². The van der Waals surface area contributed by atoms with Crippen LogP contribution in [0.4, 0.5) is 4.39 Å². The van der Waals surface area contributed by atoms with Gasteiger partial charge in [-0.15, -0.1) is 0 Å². The van der Waals surface area contributed by atoms with Crippen LogP contribution in [0.5, 0.6) is 11.5 Å². The van der Waals surface area contributed by atoms with Crippen molar-refractivity contribution in [1.29, 1.82) is 0 Å². The molecule has 0 amide bonds. The van der Waals surface area contributed by atoms with E-state index < -0.39 is 5.60 Å². The summed E-state index contributed by atoms with van der Waals surface area (Å²) in [5.41, 5.74) is 2.80. The normalized spacial score (nSPS) is 17.4. The van der Waals surface area contributed by atoms with Gasteiger partial charge >= 0.3 is 0 Å². The van der Waals surface area contributed by atoms with E-state index in [1.54, 1.807) is 12.1 Å². The van der Waals surface area contributed by atoms with Crippen molar-refractivity contribution in [1.82, 2.24) is 10.3 Å². The SMILES string of the molecule is OC1(CNCc2cc3cc4c(cc3nc2-c2ccc(F)cc2)OCO4)CCCCC1. The molecule has 5 nitrogen and oxygen atoms in total. The minimum Gasteiger partial charge on any atom is -0.454 e. The lowest BCUT2D eigenvalue weighted by Crippen LogP contribution is -2.41. The molecule has 1 aromatic heterocycles. The number of ether oxygens (including phenoxy) is 2. The van der Waals surface area contributed by atoms with Crippen molar-refractivity contribution in [2.75, 3.05) is 13.3 Å². The second-order valence-electron chi connectivity index (χ2n) is 8.29. The van der Waals surface area contributed by atoms with Crippen LogP contribution in [0.1, 0.15) is 37.7 Å². The maximum absolute atomic E-state index is 13.5. The van der Waals surface area contributed by atoms with Crippen molar-refractivity contribution in [3.63, 3.8) is 0 Å². The average molecular weight is 408 g/mol. The maximum atomic E-state index is 13.5. The molecular formula is C24H25FN2O3. The first-order chi connectivity index (χ1) is 14.6. The summed E-state index contributed by atoms with van der Waals surface area (Å²) in [6.07, 6.45) is 5.02.